The molecule has 1 rings (SSSR count). The minimum atomic E-state index is 0.498. The molecule has 80 valence electrons. The van der Waals surface area contributed by atoms with Crippen LogP contribution in [0.25, 0.3) is 0 Å². The Morgan fingerprint density at radius 3 is 2.73 bits per heavy atom. The highest BCUT2D eigenvalue weighted by Gasteiger charge is 2.03. The minimum Gasteiger partial charge on any atom is -0.492 e. The standard InChI is InChI=1S/C12H14ClNO/c1-9(2)5-6-15-12-4-3-10(8-14)7-11(12)13/h3-4,7,9H,5-6H2,1-2H3. The molecule has 0 heterocycles. The van der Waals surface area contributed by atoms with E-state index >= 15 is 0 Å². The zero-order chi connectivity index (χ0) is 11.3. The van der Waals surface area contributed by atoms with Gasteiger partial charge in [0.05, 0.1) is 23.3 Å². The first kappa shape index (κ1) is 11.9. The summed E-state index contributed by atoms with van der Waals surface area (Å²) < 4.78 is 5.51. The molecule has 0 saturated heterocycles. The second-order valence-corrected chi connectivity index (χ2v) is 4.20. The van der Waals surface area contributed by atoms with E-state index in [9.17, 15) is 0 Å². The van der Waals surface area contributed by atoms with Gasteiger partial charge in [0.1, 0.15) is 5.75 Å². The predicted octanol–water partition coefficient (Wildman–Crippen LogP) is 3.64. The molecule has 0 atom stereocenters. The van der Waals surface area contributed by atoms with E-state index in [4.69, 9.17) is 21.6 Å². The molecule has 0 saturated carbocycles. The van der Waals surface area contributed by atoms with Gasteiger partial charge in [-0.15, -0.1) is 0 Å². The average Bonchev–Trinajstić information content (AvgIpc) is 2.20. The molecular weight excluding hydrogens is 210 g/mol. The summed E-state index contributed by atoms with van der Waals surface area (Å²) in [6, 6.07) is 7.09. The van der Waals surface area contributed by atoms with Crippen molar-refractivity contribution in [2.75, 3.05) is 6.61 Å². The van der Waals surface area contributed by atoms with E-state index in [2.05, 4.69) is 13.8 Å². The van der Waals surface area contributed by atoms with Gasteiger partial charge >= 0.3 is 0 Å². The van der Waals surface area contributed by atoms with Crippen molar-refractivity contribution >= 4 is 11.6 Å². The van der Waals surface area contributed by atoms with Crippen LogP contribution in [0.1, 0.15) is 25.8 Å². The summed E-state index contributed by atoms with van der Waals surface area (Å²) >= 11 is 5.95. The first-order chi connectivity index (χ1) is 7.13. The summed E-state index contributed by atoms with van der Waals surface area (Å²) in [5.41, 5.74) is 0.552. The molecule has 0 radical (unpaired) electrons. The number of benzene rings is 1. The van der Waals surface area contributed by atoms with Crippen molar-refractivity contribution in [3.63, 3.8) is 0 Å². The summed E-state index contributed by atoms with van der Waals surface area (Å²) in [6.45, 7) is 4.94. The van der Waals surface area contributed by atoms with Crippen molar-refractivity contribution in [1.29, 1.82) is 5.26 Å². The van der Waals surface area contributed by atoms with E-state index < -0.39 is 0 Å². The topological polar surface area (TPSA) is 33.0 Å². The maximum Gasteiger partial charge on any atom is 0.137 e. The molecule has 0 fully saturated rings. The van der Waals surface area contributed by atoms with E-state index in [0.29, 0.717) is 28.9 Å². The minimum absolute atomic E-state index is 0.498. The number of ether oxygens (including phenoxy) is 1. The molecule has 0 amide bonds. The molecule has 3 heteroatoms. The van der Waals surface area contributed by atoms with Gasteiger partial charge in [-0.3, -0.25) is 0 Å². The molecule has 1 aromatic carbocycles. The lowest BCUT2D eigenvalue weighted by atomic mass is 10.1. The first-order valence-electron chi connectivity index (χ1n) is 4.96. The second kappa shape index (κ2) is 5.63. The van der Waals surface area contributed by atoms with Crippen molar-refractivity contribution in [2.45, 2.75) is 20.3 Å². The lowest BCUT2D eigenvalue weighted by Crippen LogP contribution is -2.01. The fourth-order valence-electron chi connectivity index (χ4n) is 1.09. The van der Waals surface area contributed by atoms with Gasteiger partial charge in [0.15, 0.2) is 0 Å². The normalized spacial score (nSPS) is 10.1. The van der Waals surface area contributed by atoms with Crippen LogP contribution in [-0.2, 0) is 0 Å². The van der Waals surface area contributed by atoms with Crippen molar-refractivity contribution in [3.8, 4) is 11.8 Å². The second-order valence-electron chi connectivity index (χ2n) is 3.79. The number of hydrogen-bond donors (Lipinski definition) is 0. The fraction of sp³-hybridized carbons (Fsp3) is 0.417. The summed E-state index contributed by atoms with van der Waals surface area (Å²) in [7, 11) is 0. The van der Waals surface area contributed by atoms with Crippen LogP contribution >= 0.6 is 11.6 Å². The summed E-state index contributed by atoms with van der Waals surface area (Å²) in [6.07, 6.45) is 0.996. The van der Waals surface area contributed by atoms with Gasteiger partial charge in [0.2, 0.25) is 0 Å². The van der Waals surface area contributed by atoms with Crippen LogP contribution in [0.15, 0.2) is 18.2 Å². The van der Waals surface area contributed by atoms with Crippen LogP contribution < -0.4 is 4.74 Å². The SMILES string of the molecule is CC(C)CCOc1ccc(C#N)cc1Cl. The maximum atomic E-state index is 8.65. The zero-order valence-electron chi connectivity index (χ0n) is 8.96. The highest BCUT2D eigenvalue weighted by molar-refractivity contribution is 6.32. The third kappa shape index (κ3) is 3.81. The Balaban J connectivity index is 2.59. The molecule has 0 bridgehead atoms. The molecule has 0 aliphatic rings. The number of halogens is 1. The lowest BCUT2D eigenvalue weighted by Gasteiger charge is -2.09. The molecule has 0 spiro atoms. The van der Waals surface area contributed by atoms with Gasteiger partial charge in [-0.1, -0.05) is 25.4 Å². The quantitative estimate of drug-likeness (QED) is 0.781. The van der Waals surface area contributed by atoms with Gasteiger partial charge in [-0.05, 0) is 30.5 Å². The van der Waals surface area contributed by atoms with Crippen molar-refractivity contribution < 1.29 is 4.74 Å². The van der Waals surface area contributed by atoms with E-state index in [0.717, 1.165) is 6.42 Å². The summed E-state index contributed by atoms with van der Waals surface area (Å²) in [4.78, 5) is 0. The third-order valence-electron chi connectivity index (χ3n) is 2.01. The van der Waals surface area contributed by atoms with Gasteiger partial charge in [-0.25, -0.2) is 0 Å². The predicted molar refractivity (Wildman–Crippen MR) is 61.1 cm³/mol. The monoisotopic (exact) mass is 223 g/mol. The smallest absolute Gasteiger partial charge is 0.137 e. The highest BCUT2D eigenvalue weighted by Crippen LogP contribution is 2.25. The summed E-state index contributed by atoms with van der Waals surface area (Å²) in [5.74, 6) is 1.26. The molecule has 2 nitrogen and oxygen atoms in total. The number of nitrogens with zero attached hydrogens (tertiary/aromatic N) is 1. The first-order valence-corrected chi connectivity index (χ1v) is 5.33. The van der Waals surface area contributed by atoms with Crippen LogP contribution in [0.5, 0.6) is 5.75 Å². The van der Waals surface area contributed by atoms with Crippen LogP contribution in [0, 0.1) is 17.2 Å². The van der Waals surface area contributed by atoms with Crippen LogP contribution in [0.2, 0.25) is 5.02 Å². The number of nitriles is 1. The molecule has 15 heavy (non-hydrogen) atoms. The Bertz CT molecular complexity index is 368. The molecule has 0 aromatic heterocycles. The largest absolute Gasteiger partial charge is 0.492 e. The Kier molecular flexibility index (Phi) is 4.45. The van der Waals surface area contributed by atoms with Crippen LogP contribution in [0.4, 0.5) is 0 Å². The Morgan fingerprint density at radius 1 is 1.47 bits per heavy atom. The zero-order valence-corrected chi connectivity index (χ0v) is 9.71. The lowest BCUT2D eigenvalue weighted by molar-refractivity contribution is 0.289. The number of hydrogen-bond acceptors (Lipinski definition) is 2. The molecule has 0 aliphatic heterocycles. The van der Waals surface area contributed by atoms with Crippen molar-refractivity contribution in [1.82, 2.24) is 0 Å². The molecule has 1 aromatic rings. The van der Waals surface area contributed by atoms with E-state index in [-0.39, 0.29) is 0 Å². The Hall–Kier alpha value is -1.20. The van der Waals surface area contributed by atoms with E-state index in [1.807, 2.05) is 6.07 Å². The van der Waals surface area contributed by atoms with E-state index in [1.165, 1.54) is 0 Å². The third-order valence-corrected chi connectivity index (χ3v) is 2.31. The van der Waals surface area contributed by atoms with Gasteiger partial charge in [-0.2, -0.15) is 5.26 Å². The Morgan fingerprint density at radius 2 is 2.20 bits per heavy atom. The van der Waals surface area contributed by atoms with Crippen molar-refractivity contribution in [3.05, 3.63) is 28.8 Å². The molecule has 0 aliphatic carbocycles. The molecule has 0 N–H and O–H groups in total. The maximum absolute atomic E-state index is 8.65. The van der Waals surface area contributed by atoms with E-state index in [1.54, 1.807) is 18.2 Å². The number of rotatable bonds is 4. The molecule has 0 unspecified atom stereocenters. The van der Waals surface area contributed by atoms with Crippen LogP contribution in [-0.4, -0.2) is 6.61 Å². The fourth-order valence-corrected chi connectivity index (χ4v) is 1.33. The van der Waals surface area contributed by atoms with Crippen LogP contribution in [0.3, 0.4) is 0 Å². The van der Waals surface area contributed by atoms with Gasteiger partial charge in [0, 0.05) is 0 Å². The highest BCUT2D eigenvalue weighted by atomic mass is 35.5. The van der Waals surface area contributed by atoms with Gasteiger partial charge < -0.3 is 4.74 Å². The van der Waals surface area contributed by atoms with Crippen molar-refractivity contribution in [2.24, 2.45) is 5.92 Å². The summed E-state index contributed by atoms with van der Waals surface area (Å²) in [5, 5.41) is 9.15. The average molecular weight is 224 g/mol. The van der Waals surface area contributed by atoms with Gasteiger partial charge in [0.25, 0.3) is 0 Å². The Labute approximate surface area is 95.4 Å². The molecular formula is C12H14ClNO.